The molecule has 0 radical (unpaired) electrons. The number of halogens is 1. The average molecular weight is 301 g/mol. The van der Waals surface area contributed by atoms with E-state index in [1.54, 1.807) is 6.07 Å². The summed E-state index contributed by atoms with van der Waals surface area (Å²) in [5.41, 5.74) is 3.16. The monoisotopic (exact) mass is 300 g/mol. The van der Waals surface area contributed by atoms with Crippen molar-refractivity contribution in [1.29, 1.82) is 0 Å². The zero-order valence-corrected chi connectivity index (χ0v) is 11.9. The van der Waals surface area contributed by atoms with Gasteiger partial charge in [-0.25, -0.2) is 0 Å². The Kier molecular flexibility index (Phi) is 2.89. The second-order valence-electron chi connectivity index (χ2n) is 4.90. The average Bonchev–Trinajstić information content (AvgIpc) is 3.12. The largest absolute Gasteiger partial charge is 0.454 e. The van der Waals surface area contributed by atoms with Crippen LogP contribution < -0.4 is 14.8 Å². The summed E-state index contributed by atoms with van der Waals surface area (Å²) in [6.07, 6.45) is 1.95. The van der Waals surface area contributed by atoms with Gasteiger partial charge in [-0.15, -0.1) is 0 Å². The SMILES string of the molecule is Clc1cc2c(cc1NCc1cccc3cc[nH]c13)OCO2. The molecule has 0 saturated carbocycles. The molecular formula is C16H13ClN2O2. The molecule has 0 atom stereocenters. The molecule has 3 aromatic rings. The van der Waals surface area contributed by atoms with E-state index in [9.17, 15) is 0 Å². The summed E-state index contributed by atoms with van der Waals surface area (Å²) in [6.45, 7) is 0.925. The van der Waals surface area contributed by atoms with Gasteiger partial charge in [0.1, 0.15) is 0 Å². The van der Waals surface area contributed by atoms with E-state index in [1.165, 1.54) is 10.9 Å². The van der Waals surface area contributed by atoms with Crippen LogP contribution in [-0.4, -0.2) is 11.8 Å². The molecule has 4 nitrogen and oxygen atoms in total. The van der Waals surface area contributed by atoms with E-state index in [-0.39, 0.29) is 6.79 Å². The van der Waals surface area contributed by atoms with E-state index >= 15 is 0 Å². The van der Waals surface area contributed by atoms with Gasteiger partial charge in [-0.3, -0.25) is 0 Å². The first-order chi connectivity index (χ1) is 10.3. The summed E-state index contributed by atoms with van der Waals surface area (Å²) in [5, 5.41) is 5.18. The number of fused-ring (bicyclic) bond motifs is 2. The Morgan fingerprint density at radius 1 is 1.14 bits per heavy atom. The lowest BCUT2D eigenvalue weighted by atomic mass is 10.1. The first-order valence-electron chi connectivity index (χ1n) is 6.69. The van der Waals surface area contributed by atoms with Crippen molar-refractivity contribution >= 4 is 28.2 Å². The Balaban J connectivity index is 1.61. The highest BCUT2D eigenvalue weighted by molar-refractivity contribution is 6.33. The summed E-state index contributed by atoms with van der Waals surface area (Å²) >= 11 is 6.27. The van der Waals surface area contributed by atoms with Gasteiger partial charge in [-0.05, 0) is 17.0 Å². The number of anilines is 1. The number of hydrogen-bond acceptors (Lipinski definition) is 3. The molecule has 0 unspecified atom stereocenters. The van der Waals surface area contributed by atoms with Gasteiger partial charge in [0.05, 0.1) is 16.2 Å². The van der Waals surface area contributed by atoms with Crippen LogP contribution in [0.25, 0.3) is 10.9 Å². The maximum Gasteiger partial charge on any atom is 0.231 e. The number of para-hydroxylation sites is 1. The van der Waals surface area contributed by atoms with Crippen LogP contribution in [0, 0.1) is 0 Å². The van der Waals surface area contributed by atoms with Gasteiger partial charge in [-0.2, -0.15) is 0 Å². The second kappa shape index (κ2) is 4.90. The summed E-state index contributed by atoms with van der Waals surface area (Å²) in [6, 6.07) is 11.9. The minimum absolute atomic E-state index is 0.247. The van der Waals surface area contributed by atoms with Crippen LogP contribution in [0.5, 0.6) is 11.5 Å². The molecule has 1 aliphatic heterocycles. The van der Waals surface area contributed by atoms with E-state index in [0.29, 0.717) is 17.3 Å². The summed E-state index contributed by atoms with van der Waals surface area (Å²) in [7, 11) is 0. The highest BCUT2D eigenvalue weighted by Crippen LogP contribution is 2.39. The predicted octanol–water partition coefficient (Wildman–Crippen LogP) is 4.16. The van der Waals surface area contributed by atoms with Crippen LogP contribution in [0.15, 0.2) is 42.6 Å². The van der Waals surface area contributed by atoms with Crippen molar-refractivity contribution in [3.63, 3.8) is 0 Å². The Hall–Kier alpha value is -2.33. The van der Waals surface area contributed by atoms with Crippen LogP contribution >= 0.6 is 11.6 Å². The van der Waals surface area contributed by atoms with Gasteiger partial charge in [0, 0.05) is 24.9 Å². The van der Waals surface area contributed by atoms with Crippen LogP contribution in [0.3, 0.4) is 0 Å². The summed E-state index contributed by atoms with van der Waals surface area (Å²) < 4.78 is 10.7. The number of benzene rings is 2. The van der Waals surface area contributed by atoms with Crippen molar-refractivity contribution in [2.45, 2.75) is 6.54 Å². The third-order valence-corrected chi connectivity index (χ3v) is 3.92. The molecular weight excluding hydrogens is 288 g/mol. The zero-order chi connectivity index (χ0) is 14.2. The number of H-pyrrole nitrogens is 1. The van der Waals surface area contributed by atoms with E-state index in [0.717, 1.165) is 17.0 Å². The topological polar surface area (TPSA) is 46.3 Å². The van der Waals surface area contributed by atoms with Gasteiger partial charge in [0.15, 0.2) is 11.5 Å². The van der Waals surface area contributed by atoms with Crippen LogP contribution in [0.4, 0.5) is 5.69 Å². The number of aromatic amines is 1. The fourth-order valence-corrected chi connectivity index (χ4v) is 2.76. The number of hydrogen-bond donors (Lipinski definition) is 2. The zero-order valence-electron chi connectivity index (χ0n) is 11.2. The van der Waals surface area contributed by atoms with Gasteiger partial charge in [0.25, 0.3) is 0 Å². The molecule has 0 bridgehead atoms. The minimum atomic E-state index is 0.247. The molecule has 106 valence electrons. The molecule has 21 heavy (non-hydrogen) atoms. The van der Waals surface area contributed by atoms with E-state index < -0.39 is 0 Å². The molecule has 1 aliphatic rings. The fourth-order valence-electron chi connectivity index (χ4n) is 2.54. The lowest BCUT2D eigenvalue weighted by Crippen LogP contribution is -2.00. The van der Waals surface area contributed by atoms with Gasteiger partial charge < -0.3 is 19.8 Å². The smallest absolute Gasteiger partial charge is 0.231 e. The third kappa shape index (κ3) is 2.17. The third-order valence-electron chi connectivity index (χ3n) is 3.61. The number of rotatable bonds is 3. The Labute approximate surface area is 126 Å². The van der Waals surface area contributed by atoms with Gasteiger partial charge in [-0.1, -0.05) is 29.8 Å². The molecule has 2 N–H and O–H groups in total. The summed E-state index contributed by atoms with van der Waals surface area (Å²) in [5.74, 6) is 1.41. The first-order valence-corrected chi connectivity index (χ1v) is 7.07. The van der Waals surface area contributed by atoms with Crippen molar-refractivity contribution < 1.29 is 9.47 Å². The lowest BCUT2D eigenvalue weighted by Gasteiger charge is -2.10. The lowest BCUT2D eigenvalue weighted by molar-refractivity contribution is 0.174. The van der Waals surface area contributed by atoms with Crippen LogP contribution in [-0.2, 0) is 6.54 Å². The molecule has 2 aromatic carbocycles. The Morgan fingerprint density at radius 3 is 2.90 bits per heavy atom. The minimum Gasteiger partial charge on any atom is -0.454 e. The molecule has 0 aliphatic carbocycles. The maximum atomic E-state index is 6.27. The number of nitrogens with one attached hydrogen (secondary N) is 2. The van der Waals surface area contributed by atoms with Crippen molar-refractivity contribution in [1.82, 2.24) is 4.98 Å². The van der Waals surface area contributed by atoms with Crippen molar-refractivity contribution in [2.75, 3.05) is 12.1 Å². The van der Waals surface area contributed by atoms with Gasteiger partial charge in [0.2, 0.25) is 6.79 Å². The molecule has 2 heterocycles. The predicted molar refractivity (Wildman–Crippen MR) is 83.2 cm³/mol. The number of aromatic nitrogens is 1. The van der Waals surface area contributed by atoms with E-state index in [2.05, 4.69) is 34.6 Å². The quantitative estimate of drug-likeness (QED) is 0.763. The van der Waals surface area contributed by atoms with Crippen molar-refractivity contribution in [2.24, 2.45) is 0 Å². The first kappa shape index (κ1) is 12.4. The van der Waals surface area contributed by atoms with Crippen molar-refractivity contribution in [3.8, 4) is 11.5 Å². The van der Waals surface area contributed by atoms with Gasteiger partial charge >= 0.3 is 0 Å². The maximum absolute atomic E-state index is 6.27. The highest BCUT2D eigenvalue weighted by Gasteiger charge is 2.16. The van der Waals surface area contributed by atoms with E-state index in [4.69, 9.17) is 21.1 Å². The van der Waals surface area contributed by atoms with Crippen LogP contribution in [0.1, 0.15) is 5.56 Å². The normalized spacial score (nSPS) is 12.8. The second-order valence-corrected chi connectivity index (χ2v) is 5.31. The molecule has 5 heteroatoms. The molecule has 0 saturated heterocycles. The summed E-state index contributed by atoms with van der Waals surface area (Å²) in [4.78, 5) is 3.26. The molecule has 1 aromatic heterocycles. The van der Waals surface area contributed by atoms with Crippen molar-refractivity contribution in [3.05, 3.63) is 53.2 Å². The molecule has 0 amide bonds. The number of ether oxygens (including phenoxy) is 2. The molecule has 0 fully saturated rings. The highest BCUT2D eigenvalue weighted by atomic mass is 35.5. The van der Waals surface area contributed by atoms with E-state index in [1.807, 2.05) is 12.3 Å². The Bertz CT molecular complexity index is 813. The van der Waals surface area contributed by atoms with Crippen LogP contribution in [0.2, 0.25) is 5.02 Å². The fraction of sp³-hybridized carbons (Fsp3) is 0.125. The Morgan fingerprint density at radius 2 is 2.00 bits per heavy atom. The molecule has 0 spiro atoms. The molecule has 4 rings (SSSR count). The standard InChI is InChI=1S/C16H13ClN2O2/c17-12-6-14-15(21-9-20-14)7-13(12)19-8-11-3-1-2-10-4-5-18-16(10)11/h1-7,18-19H,8-9H2.